The molecule has 1 heterocycles. The minimum atomic E-state index is -0.210. The van der Waals surface area contributed by atoms with Gasteiger partial charge in [-0.25, -0.2) is 0 Å². The minimum absolute atomic E-state index is 0.00903. The van der Waals surface area contributed by atoms with Gasteiger partial charge in [0.15, 0.2) is 0 Å². The Hall–Kier alpha value is -0.610. The van der Waals surface area contributed by atoms with E-state index in [1.807, 2.05) is 13.8 Å². The van der Waals surface area contributed by atoms with E-state index in [-0.39, 0.29) is 30.2 Å². The molecule has 1 saturated heterocycles. The third kappa shape index (κ3) is 3.80. The van der Waals surface area contributed by atoms with E-state index in [0.29, 0.717) is 6.54 Å². The molecule has 15 heavy (non-hydrogen) atoms. The van der Waals surface area contributed by atoms with E-state index >= 15 is 0 Å². The van der Waals surface area contributed by atoms with Crippen molar-refractivity contribution >= 4 is 5.97 Å². The number of nitrogens with two attached hydrogens (primary N) is 1. The van der Waals surface area contributed by atoms with Gasteiger partial charge in [-0.05, 0) is 13.8 Å². The minimum Gasteiger partial charge on any atom is -0.462 e. The lowest BCUT2D eigenvalue weighted by atomic mass is 10.0. The SMILES string of the molecule is CC1CC(OC(=O)C(C)CN)CC(C)O1. The van der Waals surface area contributed by atoms with Gasteiger partial charge in [0.05, 0.1) is 18.1 Å². The van der Waals surface area contributed by atoms with E-state index in [1.165, 1.54) is 0 Å². The molecule has 0 radical (unpaired) electrons. The van der Waals surface area contributed by atoms with E-state index in [2.05, 4.69) is 0 Å². The van der Waals surface area contributed by atoms with Crippen molar-refractivity contribution in [1.82, 2.24) is 0 Å². The van der Waals surface area contributed by atoms with Crippen LogP contribution in [0.3, 0.4) is 0 Å². The summed E-state index contributed by atoms with van der Waals surface area (Å²) in [5, 5.41) is 0. The number of ether oxygens (including phenoxy) is 2. The fourth-order valence-electron chi connectivity index (χ4n) is 1.82. The lowest BCUT2D eigenvalue weighted by Gasteiger charge is -2.32. The molecule has 3 atom stereocenters. The molecule has 88 valence electrons. The third-order valence-corrected chi connectivity index (χ3v) is 2.69. The van der Waals surface area contributed by atoms with Gasteiger partial charge in [0.1, 0.15) is 6.10 Å². The second kappa shape index (κ2) is 5.47. The molecule has 0 amide bonds. The maximum atomic E-state index is 11.5. The molecule has 0 aromatic carbocycles. The van der Waals surface area contributed by atoms with Crippen LogP contribution < -0.4 is 5.73 Å². The van der Waals surface area contributed by atoms with Crippen LogP contribution >= 0.6 is 0 Å². The van der Waals surface area contributed by atoms with Crippen molar-refractivity contribution in [3.8, 4) is 0 Å². The van der Waals surface area contributed by atoms with Crippen molar-refractivity contribution in [2.45, 2.75) is 51.9 Å². The standard InChI is InChI=1S/C11H21NO3/c1-7(6-12)11(13)15-10-4-8(2)14-9(3)5-10/h7-10H,4-6,12H2,1-3H3. The number of carbonyl (C=O) groups excluding carboxylic acids is 1. The summed E-state index contributed by atoms with van der Waals surface area (Å²) in [6.45, 7) is 6.13. The number of hydrogen-bond acceptors (Lipinski definition) is 4. The molecular weight excluding hydrogens is 194 g/mol. The second-order valence-electron chi connectivity index (χ2n) is 4.42. The first-order valence-corrected chi connectivity index (χ1v) is 5.59. The molecule has 1 aliphatic rings. The first-order chi connectivity index (χ1) is 7.02. The quantitative estimate of drug-likeness (QED) is 0.716. The summed E-state index contributed by atoms with van der Waals surface area (Å²) >= 11 is 0. The van der Waals surface area contributed by atoms with Crippen LogP contribution in [0.15, 0.2) is 0 Å². The zero-order valence-electron chi connectivity index (χ0n) is 9.73. The van der Waals surface area contributed by atoms with Crippen LogP contribution in [-0.4, -0.2) is 30.8 Å². The fourth-order valence-corrected chi connectivity index (χ4v) is 1.82. The predicted molar refractivity (Wildman–Crippen MR) is 57.3 cm³/mol. The van der Waals surface area contributed by atoms with E-state index in [0.717, 1.165) is 12.8 Å². The molecule has 0 spiro atoms. The number of hydrogen-bond donors (Lipinski definition) is 1. The smallest absolute Gasteiger partial charge is 0.310 e. The predicted octanol–water partition coefficient (Wildman–Crippen LogP) is 1.08. The molecule has 4 nitrogen and oxygen atoms in total. The monoisotopic (exact) mass is 215 g/mol. The number of rotatable bonds is 3. The highest BCUT2D eigenvalue weighted by atomic mass is 16.6. The van der Waals surface area contributed by atoms with Crippen LogP contribution in [0, 0.1) is 5.92 Å². The summed E-state index contributed by atoms with van der Waals surface area (Å²) in [6.07, 6.45) is 1.89. The Morgan fingerprint density at radius 2 is 2.00 bits per heavy atom. The van der Waals surface area contributed by atoms with Gasteiger partial charge in [-0.3, -0.25) is 4.79 Å². The largest absolute Gasteiger partial charge is 0.462 e. The number of esters is 1. The first-order valence-electron chi connectivity index (χ1n) is 5.59. The highest BCUT2D eigenvalue weighted by molar-refractivity contribution is 5.72. The zero-order valence-corrected chi connectivity index (χ0v) is 9.73. The average Bonchev–Trinajstić information content (AvgIpc) is 2.14. The van der Waals surface area contributed by atoms with Crippen molar-refractivity contribution in [1.29, 1.82) is 0 Å². The fraction of sp³-hybridized carbons (Fsp3) is 0.909. The Bertz CT molecular complexity index is 210. The van der Waals surface area contributed by atoms with Crippen molar-refractivity contribution in [2.24, 2.45) is 11.7 Å². The molecule has 1 aliphatic heterocycles. The summed E-state index contributed by atoms with van der Waals surface area (Å²) in [6, 6.07) is 0. The lowest BCUT2D eigenvalue weighted by Crippen LogP contribution is -2.37. The molecule has 0 aliphatic carbocycles. The van der Waals surface area contributed by atoms with E-state index in [4.69, 9.17) is 15.2 Å². The molecule has 0 bridgehead atoms. The van der Waals surface area contributed by atoms with Crippen molar-refractivity contribution in [3.05, 3.63) is 0 Å². The Morgan fingerprint density at radius 3 is 2.47 bits per heavy atom. The van der Waals surface area contributed by atoms with E-state index in [1.54, 1.807) is 6.92 Å². The summed E-state index contributed by atoms with van der Waals surface area (Å²) in [7, 11) is 0. The van der Waals surface area contributed by atoms with Gasteiger partial charge in [-0.1, -0.05) is 6.92 Å². The van der Waals surface area contributed by atoms with Crippen molar-refractivity contribution < 1.29 is 14.3 Å². The molecule has 2 N–H and O–H groups in total. The van der Waals surface area contributed by atoms with Gasteiger partial charge in [0.25, 0.3) is 0 Å². The highest BCUT2D eigenvalue weighted by Crippen LogP contribution is 2.22. The second-order valence-corrected chi connectivity index (χ2v) is 4.42. The molecule has 0 aromatic rings. The van der Waals surface area contributed by atoms with Crippen molar-refractivity contribution in [2.75, 3.05) is 6.54 Å². The topological polar surface area (TPSA) is 61.5 Å². The summed E-state index contributed by atoms with van der Waals surface area (Å²) in [5.74, 6) is -0.401. The molecule has 1 rings (SSSR count). The van der Waals surface area contributed by atoms with Gasteiger partial charge in [0.2, 0.25) is 0 Å². The van der Waals surface area contributed by atoms with Crippen LogP contribution in [0.4, 0.5) is 0 Å². The first kappa shape index (κ1) is 12.5. The van der Waals surface area contributed by atoms with E-state index < -0.39 is 0 Å². The van der Waals surface area contributed by atoms with Gasteiger partial charge in [-0.15, -0.1) is 0 Å². The summed E-state index contributed by atoms with van der Waals surface area (Å²) in [5.41, 5.74) is 5.41. The zero-order chi connectivity index (χ0) is 11.4. The lowest BCUT2D eigenvalue weighted by molar-refractivity contribution is -0.163. The Morgan fingerprint density at radius 1 is 1.47 bits per heavy atom. The maximum absolute atomic E-state index is 11.5. The molecule has 0 saturated carbocycles. The molecule has 4 heteroatoms. The Labute approximate surface area is 91.1 Å². The Balaban J connectivity index is 2.40. The van der Waals surface area contributed by atoms with Gasteiger partial charge in [-0.2, -0.15) is 0 Å². The van der Waals surface area contributed by atoms with Gasteiger partial charge in [0, 0.05) is 19.4 Å². The molecule has 1 fully saturated rings. The van der Waals surface area contributed by atoms with Gasteiger partial charge >= 0.3 is 5.97 Å². The third-order valence-electron chi connectivity index (χ3n) is 2.69. The summed E-state index contributed by atoms with van der Waals surface area (Å²) in [4.78, 5) is 11.5. The summed E-state index contributed by atoms with van der Waals surface area (Å²) < 4.78 is 11.0. The molecule has 3 unspecified atom stereocenters. The molecule has 0 aromatic heterocycles. The van der Waals surface area contributed by atoms with Crippen LogP contribution in [0.25, 0.3) is 0 Å². The van der Waals surface area contributed by atoms with Crippen LogP contribution in [-0.2, 0) is 14.3 Å². The normalized spacial score (nSPS) is 33.5. The highest BCUT2D eigenvalue weighted by Gasteiger charge is 2.28. The average molecular weight is 215 g/mol. The molecular formula is C11H21NO3. The van der Waals surface area contributed by atoms with Crippen LogP contribution in [0.1, 0.15) is 33.6 Å². The van der Waals surface area contributed by atoms with Crippen molar-refractivity contribution in [3.63, 3.8) is 0 Å². The maximum Gasteiger partial charge on any atom is 0.310 e. The van der Waals surface area contributed by atoms with Crippen LogP contribution in [0.2, 0.25) is 0 Å². The van der Waals surface area contributed by atoms with Crippen LogP contribution in [0.5, 0.6) is 0 Å². The van der Waals surface area contributed by atoms with E-state index in [9.17, 15) is 4.79 Å². The Kier molecular flexibility index (Phi) is 4.54. The van der Waals surface area contributed by atoms with Gasteiger partial charge < -0.3 is 15.2 Å². The number of carbonyl (C=O) groups is 1.